The first kappa shape index (κ1) is 27.2. The maximum absolute atomic E-state index is 13.1. The Labute approximate surface area is 247 Å². The van der Waals surface area contributed by atoms with Gasteiger partial charge in [-0.2, -0.15) is 0 Å². The molecule has 2 amide bonds. The molecule has 14 nitrogen and oxygen atoms in total. The standard InChI is InChI=1S/C23H19N9O5S4/c1-37-29-15(12-9-39-22(24)27-12)18(33)28-16-19(34)32-17(21(35)36)13(10-38-20(16)32)41-23-26-11(8-40-23)7-30-5-6-31-14(30)3-2-4-25-31/h2-6,8-9,16,20H,7,10H2,1H3,(H3-,24,27,28,33,35,36)/p+1/b29-15-/t16-,20-/m1/s1. The van der Waals surface area contributed by atoms with Gasteiger partial charge in [-0.1, -0.05) is 22.0 Å². The van der Waals surface area contributed by atoms with E-state index >= 15 is 0 Å². The molecule has 4 aromatic heterocycles. The van der Waals surface area contributed by atoms with E-state index in [-0.39, 0.29) is 22.2 Å². The van der Waals surface area contributed by atoms with Crippen molar-refractivity contribution >= 4 is 80.5 Å². The number of nitrogens with one attached hydrogen (secondary N) is 1. The second-order valence-corrected chi connectivity index (χ2v) is 12.8. The molecule has 0 unspecified atom stereocenters. The van der Waals surface area contributed by atoms with Crippen molar-refractivity contribution in [1.29, 1.82) is 0 Å². The molecule has 0 spiro atoms. The summed E-state index contributed by atoms with van der Waals surface area (Å²) in [6.45, 7) is 0.523. The van der Waals surface area contributed by atoms with Crippen LogP contribution in [0.3, 0.4) is 0 Å². The van der Waals surface area contributed by atoms with Crippen molar-refractivity contribution < 1.29 is 28.9 Å². The fraction of sp³-hybridized carbons (Fsp3) is 0.217. The lowest BCUT2D eigenvalue weighted by Gasteiger charge is -2.49. The highest BCUT2D eigenvalue weighted by Crippen LogP contribution is 2.45. The molecule has 41 heavy (non-hydrogen) atoms. The number of nitrogens with zero attached hydrogens (tertiary/aromatic N) is 7. The molecule has 1 fully saturated rings. The maximum atomic E-state index is 13.1. The van der Waals surface area contributed by atoms with Gasteiger partial charge in [0, 0.05) is 27.5 Å². The Kier molecular flexibility index (Phi) is 7.37. The minimum Gasteiger partial charge on any atom is -0.477 e. The lowest BCUT2D eigenvalue weighted by atomic mass is 10.0. The van der Waals surface area contributed by atoms with Crippen LogP contribution in [0.15, 0.2) is 61.6 Å². The third kappa shape index (κ3) is 5.14. The highest BCUT2D eigenvalue weighted by Gasteiger charge is 2.54. The van der Waals surface area contributed by atoms with Crippen molar-refractivity contribution in [3.63, 3.8) is 0 Å². The smallest absolute Gasteiger partial charge is 0.353 e. The highest BCUT2D eigenvalue weighted by atomic mass is 32.2. The number of nitrogen functional groups attached to an aromatic ring is 1. The van der Waals surface area contributed by atoms with Gasteiger partial charge in [-0.15, -0.1) is 39.0 Å². The minimum absolute atomic E-state index is 0.108. The number of thioether (sulfide) groups is 2. The number of β-lactam (4-membered cyclic amide) rings is 1. The molecule has 2 aliphatic heterocycles. The molecule has 210 valence electrons. The van der Waals surface area contributed by atoms with E-state index in [1.807, 2.05) is 34.5 Å². The average molecular weight is 631 g/mol. The third-order valence-electron chi connectivity index (χ3n) is 6.10. The summed E-state index contributed by atoms with van der Waals surface area (Å²) < 4.78 is 4.44. The average Bonchev–Trinajstić information content (AvgIpc) is 3.70. The number of hydrogen-bond donors (Lipinski definition) is 3. The van der Waals surface area contributed by atoms with Crippen molar-refractivity contribution in [2.24, 2.45) is 5.16 Å². The topological polar surface area (TPSA) is 181 Å². The molecule has 18 heteroatoms. The van der Waals surface area contributed by atoms with E-state index in [9.17, 15) is 19.5 Å². The number of carbonyl (C=O) groups is 3. The van der Waals surface area contributed by atoms with Crippen LogP contribution in [-0.2, 0) is 25.8 Å². The van der Waals surface area contributed by atoms with Gasteiger partial charge in [-0.25, -0.2) is 19.3 Å². The molecule has 6 rings (SSSR count). The fourth-order valence-corrected chi connectivity index (χ4v) is 8.34. The van der Waals surface area contributed by atoms with Crippen LogP contribution >= 0.6 is 46.2 Å². The molecule has 0 aliphatic carbocycles. The number of nitrogens with two attached hydrogens (primary N) is 1. The SMILES string of the molecule is CO/N=C(\C(=O)N[C@@H]1C(=O)N2C(C(=O)O)=C(Sc3nc(C[n+]4ccn5ncccc54)cs3)CS[C@H]12)c1csc(N)n1. The number of carboxylic acids is 1. The summed E-state index contributed by atoms with van der Waals surface area (Å²) in [5, 5.41) is 23.8. The summed E-state index contributed by atoms with van der Waals surface area (Å²) in [5.41, 5.74) is 7.36. The van der Waals surface area contributed by atoms with E-state index in [4.69, 9.17) is 10.6 Å². The van der Waals surface area contributed by atoms with Gasteiger partial charge in [0.2, 0.25) is 0 Å². The Balaban J connectivity index is 1.17. The van der Waals surface area contributed by atoms with Crippen LogP contribution in [0.5, 0.6) is 0 Å². The molecule has 2 aliphatic rings. The number of hydrogen-bond acceptors (Lipinski definition) is 13. The van der Waals surface area contributed by atoms with Crippen molar-refractivity contribution in [2.75, 3.05) is 18.6 Å². The van der Waals surface area contributed by atoms with E-state index < -0.39 is 29.2 Å². The number of fused-ring (bicyclic) bond motifs is 2. The number of anilines is 1. The van der Waals surface area contributed by atoms with Gasteiger partial charge in [0.05, 0.1) is 11.9 Å². The summed E-state index contributed by atoms with van der Waals surface area (Å²) >= 11 is 5.12. The molecule has 4 aromatic rings. The Hall–Kier alpha value is -4.00. The molecule has 6 heterocycles. The number of imidazole rings is 1. The highest BCUT2D eigenvalue weighted by molar-refractivity contribution is 8.07. The zero-order chi connectivity index (χ0) is 28.7. The number of amides is 2. The molecule has 0 bridgehead atoms. The van der Waals surface area contributed by atoms with Crippen molar-refractivity contribution in [3.8, 4) is 0 Å². The van der Waals surface area contributed by atoms with Gasteiger partial charge >= 0.3 is 11.6 Å². The molecule has 0 radical (unpaired) electrons. The van der Waals surface area contributed by atoms with Crippen LogP contribution < -0.4 is 15.6 Å². The van der Waals surface area contributed by atoms with E-state index in [0.717, 1.165) is 22.7 Å². The lowest BCUT2D eigenvalue weighted by Crippen LogP contribution is -2.71. The van der Waals surface area contributed by atoms with Crippen LogP contribution in [-0.4, -0.2) is 77.4 Å². The zero-order valence-electron chi connectivity index (χ0n) is 21.0. The van der Waals surface area contributed by atoms with Gasteiger partial charge in [-0.3, -0.25) is 14.5 Å². The number of oxime groups is 1. The Morgan fingerprint density at radius 2 is 2.20 bits per heavy atom. The number of aliphatic carboxylic acids is 1. The molecule has 0 aromatic carbocycles. The molecule has 1 saturated heterocycles. The summed E-state index contributed by atoms with van der Waals surface area (Å²) in [7, 11) is 1.28. The van der Waals surface area contributed by atoms with Gasteiger partial charge in [0.1, 0.15) is 42.7 Å². The molecule has 2 atom stereocenters. The van der Waals surface area contributed by atoms with Crippen molar-refractivity contribution in [3.05, 3.63) is 63.5 Å². The van der Waals surface area contributed by atoms with E-state index in [1.165, 1.54) is 46.9 Å². The number of carboxylic acid groups (broad SMARTS) is 1. The number of carbonyl (C=O) groups excluding carboxylic acids is 2. The van der Waals surface area contributed by atoms with Crippen LogP contribution in [0, 0.1) is 0 Å². The first-order chi connectivity index (χ1) is 19.8. The predicted octanol–water partition coefficient (Wildman–Crippen LogP) is 1.00. The number of rotatable bonds is 9. The second-order valence-electron chi connectivity index (χ2n) is 8.59. The van der Waals surface area contributed by atoms with Gasteiger partial charge < -0.3 is 21.0 Å². The summed E-state index contributed by atoms with van der Waals surface area (Å²) in [5.74, 6) is -2.12. The number of thiazole rings is 2. The fourth-order valence-electron chi connectivity index (χ4n) is 4.33. The van der Waals surface area contributed by atoms with Crippen LogP contribution in [0.25, 0.3) is 5.65 Å². The normalized spacial score (nSPS) is 18.8. The zero-order valence-corrected chi connectivity index (χ0v) is 24.3. The molecule has 0 saturated carbocycles. The van der Waals surface area contributed by atoms with Crippen molar-refractivity contribution in [2.45, 2.75) is 22.3 Å². The van der Waals surface area contributed by atoms with Crippen molar-refractivity contribution in [1.82, 2.24) is 29.8 Å². The van der Waals surface area contributed by atoms with Crippen LogP contribution in [0.1, 0.15) is 11.4 Å². The van der Waals surface area contributed by atoms with Crippen LogP contribution in [0.2, 0.25) is 0 Å². The van der Waals surface area contributed by atoms with Gasteiger partial charge in [0.15, 0.2) is 21.4 Å². The van der Waals surface area contributed by atoms with Crippen LogP contribution in [0.4, 0.5) is 5.13 Å². The van der Waals surface area contributed by atoms with E-state index in [2.05, 4.69) is 25.5 Å². The Morgan fingerprint density at radius 3 is 2.95 bits per heavy atom. The monoisotopic (exact) mass is 630 g/mol. The minimum atomic E-state index is -1.23. The lowest BCUT2D eigenvalue weighted by molar-refractivity contribution is -0.662. The second kappa shape index (κ2) is 11.1. The third-order valence-corrected chi connectivity index (χ3v) is 10.3. The summed E-state index contributed by atoms with van der Waals surface area (Å²) in [6.07, 6.45) is 5.48. The predicted molar refractivity (Wildman–Crippen MR) is 152 cm³/mol. The van der Waals surface area contributed by atoms with E-state index in [1.54, 1.807) is 16.1 Å². The molecule has 4 N–H and O–H groups in total. The quantitative estimate of drug-likeness (QED) is 0.104. The summed E-state index contributed by atoms with van der Waals surface area (Å²) in [6, 6.07) is 2.87. The number of aromatic nitrogens is 5. The molecular weight excluding hydrogens is 611 g/mol. The molecular formula is C23H20N9O5S4+. The van der Waals surface area contributed by atoms with Gasteiger partial charge in [0.25, 0.3) is 11.8 Å². The Morgan fingerprint density at radius 1 is 1.34 bits per heavy atom. The first-order valence-corrected chi connectivity index (χ1v) is 15.4. The summed E-state index contributed by atoms with van der Waals surface area (Å²) in [4.78, 5) is 53.6. The van der Waals surface area contributed by atoms with Gasteiger partial charge in [-0.05, 0) is 6.07 Å². The van der Waals surface area contributed by atoms with E-state index in [0.29, 0.717) is 21.5 Å². The maximum Gasteiger partial charge on any atom is 0.353 e. The largest absolute Gasteiger partial charge is 0.477 e. The Bertz CT molecular complexity index is 1750. The first-order valence-electron chi connectivity index (χ1n) is 11.8.